The first kappa shape index (κ1) is 9.40. The molecule has 2 heterocycles. The van der Waals surface area contributed by atoms with E-state index in [9.17, 15) is 0 Å². The Hall–Kier alpha value is -1.16. The summed E-state index contributed by atoms with van der Waals surface area (Å²) in [6.07, 6.45) is 4.83. The SMILES string of the molecule is CN(C[C@H]1CCNC1)c1ncccn1. The maximum Gasteiger partial charge on any atom is 0.224 e. The smallest absolute Gasteiger partial charge is 0.224 e. The quantitative estimate of drug-likeness (QED) is 0.758. The second kappa shape index (κ2) is 4.37. The lowest BCUT2D eigenvalue weighted by Crippen LogP contribution is -2.28. The van der Waals surface area contributed by atoms with Crippen LogP contribution in [0.4, 0.5) is 5.95 Å². The van der Waals surface area contributed by atoms with Gasteiger partial charge in [-0.15, -0.1) is 0 Å². The molecule has 1 atom stereocenters. The third kappa shape index (κ3) is 2.20. The molecule has 0 unspecified atom stereocenters. The van der Waals surface area contributed by atoms with Crippen LogP contribution in [0.3, 0.4) is 0 Å². The van der Waals surface area contributed by atoms with Crippen molar-refractivity contribution in [2.24, 2.45) is 5.92 Å². The lowest BCUT2D eigenvalue weighted by Gasteiger charge is -2.20. The van der Waals surface area contributed by atoms with Crippen LogP contribution in [0.2, 0.25) is 0 Å². The molecule has 2 rings (SSSR count). The minimum atomic E-state index is 0.740. The highest BCUT2D eigenvalue weighted by Gasteiger charge is 2.17. The topological polar surface area (TPSA) is 41.0 Å². The summed E-state index contributed by atoms with van der Waals surface area (Å²) in [7, 11) is 2.05. The van der Waals surface area contributed by atoms with Crippen molar-refractivity contribution in [1.82, 2.24) is 15.3 Å². The van der Waals surface area contributed by atoms with Gasteiger partial charge in [-0.1, -0.05) is 0 Å². The van der Waals surface area contributed by atoms with Crippen molar-refractivity contribution in [2.75, 3.05) is 31.6 Å². The largest absolute Gasteiger partial charge is 0.344 e. The summed E-state index contributed by atoms with van der Waals surface area (Å²) < 4.78 is 0. The van der Waals surface area contributed by atoms with Gasteiger partial charge >= 0.3 is 0 Å². The zero-order valence-corrected chi connectivity index (χ0v) is 8.48. The highest BCUT2D eigenvalue weighted by molar-refractivity contribution is 5.26. The Morgan fingerprint density at radius 2 is 2.29 bits per heavy atom. The van der Waals surface area contributed by atoms with Crippen LogP contribution in [0.25, 0.3) is 0 Å². The maximum absolute atomic E-state index is 4.22. The minimum Gasteiger partial charge on any atom is -0.344 e. The van der Waals surface area contributed by atoms with E-state index in [1.807, 2.05) is 13.1 Å². The molecule has 1 aromatic rings. The maximum atomic E-state index is 4.22. The molecule has 0 amide bonds. The molecule has 1 aromatic heterocycles. The molecule has 14 heavy (non-hydrogen) atoms. The average molecular weight is 192 g/mol. The van der Waals surface area contributed by atoms with Crippen LogP contribution in [0.5, 0.6) is 0 Å². The van der Waals surface area contributed by atoms with Gasteiger partial charge in [0.1, 0.15) is 0 Å². The van der Waals surface area contributed by atoms with Crippen LogP contribution in [-0.4, -0.2) is 36.6 Å². The van der Waals surface area contributed by atoms with Crippen molar-refractivity contribution in [3.05, 3.63) is 18.5 Å². The van der Waals surface area contributed by atoms with Crippen molar-refractivity contribution >= 4 is 5.95 Å². The van der Waals surface area contributed by atoms with Gasteiger partial charge < -0.3 is 10.2 Å². The molecule has 4 heteroatoms. The summed E-state index contributed by atoms with van der Waals surface area (Å²) in [4.78, 5) is 10.6. The lowest BCUT2D eigenvalue weighted by molar-refractivity contribution is 0.573. The number of aromatic nitrogens is 2. The molecule has 1 N–H and O–H groups in total. The zero-order valence-electron chi connectivity index (χ0n) is 8.48. The van der Waals surface area contributed by atoms with Gasteiger partial charge in [0.05, 0.1) is 0 Å². The van der Waals surface area contributed by atoms with Crippen molar-refractivity contribution in [2.45, 2.75) is 6.42 Å². The van der Waals surface area contributed by atoms with Crippen LogP contribution >= 0.6 is 0 Å². The summed E-state index contributed by atoms with van der Waals surface area (Å²) in [6.45, 7) is 3.31. The molecule has 0 aliphatic carbocycles. The second-order valence-electron chi connectivity index (χ2n) is 3.79. The van der Waals surface area contributed by atoms with E-state index >= 15 is 0 Å². The molecule has 0 spiro atoms. The first-order chi connectivity index (χ1) is 6.86. The van der Waals surface area contributed by atoms with Gasteiger partial charge in [-0.05, 0) is 31.5 Å². The second-order valence-corrected chi connectivity index (χ2v) is 3.79. The Kier molecular flexibility index (Phi) is 2.93. The van der Waals surface area contributed by atoms with E-state index < -0.39 is 0 Å². The number of anilines is 1. The van der Waals surface area contributed by atoms with Crippen molar-refractivity contribution in [3.8, 4) is 0 Å². The Morgan fingerprint density at radius 3 is 2.93 bits per heavy atom. The van der Waals surface area contributed by atoms with Gasteiger partial charge in [-0.25, -0.2) is 9.97 Å². The van der Waals surface area contributed by atoms with Crippen molar-refractivity contribution in [3.63, 3.8) is 0 Å². The highest BCUT2D eigenvalue weighted by atomic mass is 15.2. The first-order valence-corrected chi connectivity index (χ1v) is 5.05. The normalized spacial score (nSPS) is 21.1. The van der Waals surface area contributed by atoms with E-state index in [2.05, 4.69) is 20.2 Å². The zero-order chi connectivity index (χ0) is 9.80. The molecule has 1 aliphatic rings. The standard InChI is InChI=1S/C10H16N4/c1-14(8-9-3-6-11-7-9)10-12-4-2-5-13-10/h2,4-5,9,11H,3,6-8H2,1H3/t9-/m0/s1. The minimum absolute atomic E-state index is 0.740. The van der Waals surface area contributed by atoms with E-state index in [1.165, 1.54) is 6.42 Å². The van der Waals surface area contributed by atoms with E-state index in [1.54, 1.807) is 12.4 Å². The summed E-state index contributed by atoms with van der Waals surface area (Å²) in [6, 6.07) is 1.84. The molecule has 1 aliphatic heterocycles. The van der Waals surface area contributed by atoms with Crippen LogP contribution < -0.4 is 10.2 Å². The molecular formula is C10H16N4. The van der Waals surface area contributed by atoms with E-state index in [0.29, 0.717) is 0 Å². The van der Waals surface area contributed by atoms with Gasteiger partial charge in [0.25, 0.3) is 0 Å². The molecule has 1 fully saturated rings. The summed E-state index contributed by atoms with van der Waals surface area (Å²) in [5.41, 5.74) is 0. The molecule has 0 bridgehead atoms. The third-order valence-electron chi connectivity index (χ3n) is 2.59. The predicted molar refractivity (Wildman–Crippen MR) is 56.3 cm³/mol. The highest BCUT2D eigenvalue weighted by Crippen LogP contribution is 2.11. The molecular weight excluding hydrogens is 176 g/mol. The van der Waals surface area contributed by atoms with Gasteiger partial charge in [-0.2, -0.15) is 0 Å². The van der Waals surface area contributed by atoms with Crippen molar-refractivity contribution in [1.29, 1.82) is 0 Å². The third-order valence-corrected chi connectivity index (χ3v) is 2.59. The van der Waals surface area contributed by atoms with E-state index in [4.69, 9.17) is 0 Å². The fraction of sp³-hybridized carbons (Fsp3) is 0.600. The Balaban J connectivity index is 1.92. The van der Waals surface area contributed by atoms with Crippen LogP contribution in [0, 0.1) is 5.92 Å². The first-order valence-electron chi connectivity index (χ1n) is 5.05. The number of nitrogens with zero attached hydrogens (tertiary/aromatic N) is 3. The van der Waals surface area contributed by atoms with Gasteiger partial charge in [0.2, 0.25) is 5.95 Å². The molecule has 4 nitrogen and oxygen atoms in total. The molecule has 0 radical (unpaired) electrons. The Morgan fingerprint density at radius 1 is 1.50 bits per heavy atom. The summed E-state index contributed by atoms with van der Waals surface area (Å²) in [5.74, 6) is 1.56. The van der Waals surface area contributed by atoms with E-state index in [-0.39, 0.29) is 0 Å². The molecule has 76 valence electrons. The van der Waals surface area contributed by atoms with Crippen LogP contribution in [0.15, 0.2) is 18.5 Å². The van der Waals surface area contributed by atoms with Crippen molar-refractivity contribution < 1.29 is 0 Å². The average Bonchev–Trinajstić information content (AvgIpc) is 2.72. The Labute approximate surface area is 84.4 Å². The molecule has 0 saturated carbocycles. The fourth-order valence-corrected chi connectivity index (χ4v) is 1.83. The predicted octanol–water partition coefficient (Wildman–Crippen LogP) is 0.522. The van der Waals surface area contributed by atoms with Gasteiger partial charge in [0, 0.05) is 26.0 Å². The summed E-state index contributed by atoms with van der Waals surface area (Å²) in [5, 5.41) is 3.36. The number of hydrogen-bond donors (Lipinski definition) is 1. The van der Waals surface area contributed by atoms with Crippen LogP contribution in [0.1, 0.15) is 6.42 Å². The molecule has 1 saturated heterocycles. The number of nitrogens with one attached hydrogen (secondary N) is 1. The van der Waals surface area contributed by atoms with Gasteiger partial charge in [-0.3, -0.25) is 0 Å². The van der Waals surface area contributed by atoms with Gasteiger partial charge in [0.15, 0.2) is 0 Å². The molecule has 0 aromatic carbocycles. The fourth-order valence-electron chi connectivity index (χ4n) is 1.83. The summed E-state index contributed by atoms with van der Waals surface area (Å²) >= 11 is 0. The van der Waals surface area contributed by atoms with E-state index in [0.717, 1.165) is 31.5 Å². The lowest BCUT2D eigenvalue weighted by atomic mass is 10.1. The number of rotatable bonds is 3. The monoisotopic (exact) mass is 192 g/mol. The Bertz CT molecular complexity index is 269. The van der Waals surface area contributed by atoms with Crippen LogP contribution in [-0.2, 0) is 0 Å². The number of hydrogen-bond acceptors (Lipinski definition) is 4.